The Morgan fingerprint density at radius 2 is 1.86 bits per heavy atom. The first-order valence-electron chi connectivity index (χ1n) is 13.9. The number of nitrogens with one attached hydrogen (secondary N) is 2. The molecule has 5 heterocycles. The van der Waals surface area contributed by atoms with Gasteiger partial charge in [-0.25, -0.2) is 29.7 Å². The van der Waals surface area contributed by atoms with Gasteiger partial charge in [0.1, 0.15) is 36.0 Å². The Labute approximate surface area is 247 Å². The van der Waals surface area contributed by atoms with Gasteiger partial charge in [0.15, 0.2) is 5.65 Å². The van der Waals surface area contributed by atoms with Crippen LogP contribution < -0.4 is 15.5 Å². The topological polar surface area (TPSA) is 151 Å². The first kappa shape index (κ1) is 27.7. The Bertz CT molecular complexity index is 1820. The van der Waals surface area contributed by atoms with E-state index in [1.54, 1.807) is 0 Å². The lowest BCUT2D eigenvalue weighted by Gasteiger charge is -2.17. The summed E-state index contributed by atoms with van der Waals surface area (Å²) in [6.07, 6.45) is 4.02. The number of imidazole rings is 1. The summed E-state index contributed by atoms with van der Waals surface area (Å²) in [4.78, 5) is 60.8. The highest BCUT2D eigenvalue weighted by Crippen LogP contribution is 2.47. The van der Waals surface area contributed by atoms with Crippen molar-refractivity contribution in [2.24, 2.45) is 5.92 Å². The number of hydrogen-bond donors (Lipinski definition) is 2. The number of halogens is 3. The van der Waals surface area contributed by atoms with Crippen LogP contribution in [0.25, 0.3) is 5.65 Å². The van der Waals surface area contributed by atoms with Gasteiger partial charge in [0.05, 0.1) is 17.9 Å². The molecule has 2 aliphatic carbocycles. The molecule has 4 aromatic rings. The fraction of sp³-hybridized carbons (Fsp3) is 0.357. The zero-order chi connectivity index (χ0) is 30.7. The van der Waals surface area contributed by atoms with Gasteiger partial charge in [-0.2, -0.15) is 13.2 Å². The van der Waals surface area contributed by atoms with Gasteiger partial charge in [0.25, 0.3) is 0 Å². The molecule has 4 aromatic heterocycles. The van der Waals surface area contributed by atoms with Gasteiger partial charge in [-0.1, -0.05) is 0 Å². The number of alkyl halides is 3. The first-order chi connectivity index (χ1) is 21.0. The second-order valence-corrected chi connectivity index (χ2v) is 11.1. The lowest BCUT2D eigenvalue weighted by Crippen LogP contribution is -2.30. The predicted octanol–water partition coefficient (Wildman–Crippen LogP) is 3.56. The van der Waals surface area contributed by atoms with Gasteiger partial charge in [-0.3, -0.25) is 19.4 Å². The van der Waals surface area contributed by atoms with E-state index < -0.39 is 35.6 Å². The van der Waals surface area contributed by atoms with E-state index in [2.05, 4.69) is 30.6 Å². The van der Waals surface area contributed by atoms with Gasteiger partial charge in [0, 0.05) is 43.5 Å². The van der Waals surface area contributed by atoms with Crippen LogP contribution in [0.5, 0.6) is 0 Å². The Kier molecular flexibility index (Phi) is 6.44. The van der Waals surface area contributed by atoms with Crippen LogP contribution >= 0.6 is 0 Å². The molecular formula is C28H25F3N10O3. The van der Waals surface area contributed by atoms with Crippen LogP contribution in [-0.4, -0.2) is 65.7 Å². The van der Waals surface area contributed by atoms with Crippen LogP contribution in [0.1, 0.15) is 53.9 Å². The quantitative estimate of drug-likeness (QED) is 0.287. The van der Waals surface area contributed by atoms with Crippen LogP contribution in [0.2, 0.25) is 0 Å². The Hall–Kier alpha value is -5.15. The van der Waals surface area contributed by atoms with Gasteiger partial charge in [-0.05, 0) is 42.9 Å². The molecule has 16 heteroatoms. The maximum absolute atomic E-state index is 13.0. The van der Waals surface area contributed by atoms with Crippen LogP contribution in [0.3, 0.4) is 0 Å². The number of urea groups is 1. The molecule has 0 bridgehead atoms. The number of aromatic nitrogens is 6. The van der Waals surface area contributed by atoms with Crippen LogP contribution in [0.15, 0.2) is 43.1 Å². The summed E-state index contributed by atoms with van der Waals surface area (Å²) in [7, 11) is 1.46. The Balaban J connectivity index is 1.03. The molecule has 0 aromatic carbocycles. The van der Waals surface area contributed by atoms with Crippen molar-refractivity contribution in [1.82, 2.24) is 34.2 Å². The highest BCUT2D eigenvalue weighted by Gasteiger charge is 2.47. The summed E-state index contributed by atoms with van der Waals surface area (Å²) in [6, 6.07) is 3.86. The fourth-order valence-corrected chi connectivity index (χ4v) is 5.26. The van der Waals surface area contributed by atoms with E-state index in [0.29, 0.717) is 35.2 Å². The number of rotatable bonds is 8. The fourth-order valence-electron chi connectivity index (χ4n) is 5.26. The van der Waals surface area contributed by atoms with E-state index in [4.69, 9.17) is 4.98 Å². The maximum Gasteiger partial charge on any atom is 0.433 e. The molecule has 1 saturated heterocycles. The molecule has 44 heavy (non-hydrogen) atoms. The van der Waals surface area contributed by atoms with E-state index in [0.717, 1.165) is 35.6 Å². The molecule has 2 saturated carbocycles. The van der Waals surface area contributed by atoms with Crippen LogP contribution in [-0.2, 0) is 22.3 Å². The van der Waals surface area contributed by atoms with Gasteiger partial charge in [-0.15, -0.1) is 0 Å². The van der Waals surface area contributed by atoms with Crippen molar-refractivity contribution in [3.63, 3.8) is 0 Å². The molecule has 2 N–H and O–H groups in total. The molecule has 2 atom stereocenters. The van der Waals surface area contributed by atoms with Crippen molar-refractivity contribution in [3.8, 4) is 0 Å². The van der Waals surface area contributed by atoms with Crippen molar-refractivity contribution in [3.05, 3.63) is 65.9 Å². The summed E-state index contributed by atoms with van der Waals surface area (Å²) >= 11 is 0. The number of hydrogen-bond acceptors (Lipinski definition) is 9. The van der Waals surface area contributed by atoms with Gasteiger partial charge < -0.3 is 15.0 Å². The average Bonchev–Trinajstić information content (AvgIpc) is 3.93. The summed E-state index contributed by atoms with van der Waals surface area (Å²) in [5.41, 5.74) is 1.80. The SMILES string of the molecule is CN1C(=O)CN(c2cc(C3CC3)cn3cc(CNc4cc(NC(=O)[C@H]5C[C@@H]5c5nccc(C(F)(F)F)n5)ncn4)nc23)C1=O. The second-order valence-electron chi connectivity index (χ2n) is 11.1. The van der Waals surface area contributed by atoms with E-state index in [1.807, 2.05) is 22.9 Å². The normalized spacial score (nSPS) is 20.0. The largest absolute Gasteiger partial charge is 0.433 e. The molecule has 3 aliphatic rings. The first-order valence-corrected chi connectivity index (χ1v) is 13.9. The van der Waals surface area contributed by atoms with E-state index in [-0.39, 0.29) is 30.6 Å². The van der Waals surface area contributed by atoms with Gasteiger partial charge in [0.2, 0.25) is 11.8 Å². The molecule has 4 amide bonds. The van der Waals surface area contributed by atoms with Crippen LogP contribution in [0.4, 0.5) is 35.3 Å². The zero-order valence-electron chi connectivity index (χ0n) is 23.2. The molecule has 7 rings (SSSR count). The molecule has 13 nitrogen and oxygen atoms in total. The minimum absolute atomic E-state index is 0.0161. The van der Waals surface area contributed by atoms with Crippen molar-refractivity contribution in [1.29, 1.82) is 0 Å². The minimum Gasteiger partial charge on any atom is -0.364 e. The lowest BCUT2D eigenvalue weighted by molar-refractivity contribution is -0.141. The van der Waals surface area contributed by atoms with Crippen molar-refractivity contribution in [2.45, 2.75) is 43.8 Å². The predicted molar refractivity (Wildman–Crippen MR) is 149 cm³/mol. The molecule has 0 unspecified atom stereocenters. The summed E-state index contributed by atoms with van der Waals surface area (Å²) in [5, 5.41) is 5.83. The van der Waals surface area contributed by atoms with E-state index in [1.165, 1.54) is 24.3 Å². The molecule has 226 valence electrons. The number of fused-ring (bicyclic) bond motifs is 1. The average molecular weight is 607 g/mol. The summed E-state index contributed by atoms with van der Waals surface area (Å²) < 4.78 is 40.9. The number of pyridine rings is 1. The number of amides is 4. The number of nitrogens with zero attached hydrogens (tertiary/aromatic N) is 8. The zero-order valence-corrected chi connectivity index (χ0v) is 23.2. The molecular weight excluding hydrogens is 581 g/mol. The Morgan fingerprint density at radius 1 is 1.07 bits per heavy atom. The minimum atomic E-state index is -4.59. The number of carbonyl (C=O) groups is 3. The second kappa shape index (κ2) is 10.2. The molecule has 0 spiro atoms. The van der Waals surface area contributed by atoms with Crippen molar-refractivity contribution >= 4 is 40.8 Å². The van der Waals surface area contributed by atoms with Crippen LogP contribution in [0, 0.1) is 5.92 Å². The molecule has 3 fully saturated rings. The molecule has 1 aliphatic heterocycles. The standard InChI is InChI=1S/C28H25F3N10O3/c1-39-23(42)12-41(27(39)44)19-6-15(14-2-3-14)10-40-11-16(36-25(19)40)9-33-21-8-22(35-13-34-21)38-26(43)18-7-17(18)24-32-5-4-20(37-24)28(29,30)31/h4-6,8,10-11,13-14,17-18H,2-3,7,9,12H2,1H3,(H2,33,34,35,38,43)/t17-,18-/m0/s1. The van der Waals surface area contributed by atoms with Crippen molar-refractivity contribution < 1.29 is 27.6 Å². The van der Waals surface area contributed by atoms with E-state index in [9.17, 15) is 27.6 Å². The third-order valence-electron chi connectivity index (χ3n) is 7.92. The number of likely N-dealkylation sites (N-methyl/N-ethyl adjacent to an activating group) is 1. The maximum atomic E-state index is 13.0. The smallest absolute Gasteiger partial charge is 0.364 e. The molecule has 0 radical (unpaired) electrons. The number of imide groups is 1. The lowest BCUT2D eigenvalue weighted by atomic mass is 10.1. The number of carbonyl (C=O) groups excluding carboxylic acids is 3. The highest BCUT2D eigenvalue weighted by molar-refractivity contribution is 6.13. The highest BCUT2D eigenvalue weighted by atomic mass is 19.4. The third-order valence-corrected chi connectivity index (χ3v) is 7.92. The number of anilines is 3. The summed E-state index contributed by atoms with van der Waals surface area (Å²) in [6.45, 7) is 0.207. The Morgan fingerprint density at radius 3 is 2.59 bits per heavy atom. The third kappa shape index (κ3) is 5.26. The summed E-state index contributed by atoms with van der Waals surface area (Å²) in [5.74, 6) is -0.755. The van der Waals surface area contributed by atoms with E-state index >= 15 is 0 Å². The monoisotopic (exact) mass is 606 g/mol. The van der Waals surface area contributed by atoms with Crippen molar-refractivity contribution in [2.75, 3.05) is 29.1 Å². The van der Waals surface area contributed by atoms with Gasteiger partial charge >= 0.3 is 12.2 Å².